The maximum absolute atomic E-state index is 6.01. The van der Waals surface area contributed by atoms with Crippen LogP contribution in [0.3, 0.4) is 0 Å². The monoisotopic (exact) mass is 308 g/mol. The molecule has 2 unspecified atom stereocenters. The van der Waals surface area contributed by atoms with Gasteiger partial charge in [0.2, 0.25) is 0 Å². The third-order valence-electron chi connectivity index (χ3n) is 4.71. The van der Waals surface area contributed by atoms with Crippen LogP contribution in [0, 0.1) is 12.8 Å². The van der Waals surface area contributed by atoms with Crippen molar-refractivity contribution in [3.63, 3.8) is 0 Å². The Kier molecular flexibility index (Phi) is 4.25. The zero-order valence-electron chi connectivity index (χ0n) is 13.3. The fourth-order valence-corrected chi connectivity index (χ4v) is 3.91. The van der Waals surface area contributed by atoms with Crippen molar-refractivity contribution < 1.29 is 0 Å². The molecule has 5 heteroatoms. The normalized spacial score (nSPS) is 23.0. The standard InChI is InChI=1S/C16H25ClN4/c1-4-20-16-15(12(3)19-20)18-14(8-9-17)21(16)13-7-5-6-11(2)10-13/h11,13H,4-10H2,1-3H3. The highest BCUT2D eigenvalue weighted by atomic mass is 35.5. The van der Waals surface area contributed by atoms with Gasteiger partial charge in [0, 0.05) is 24.9 Å². The van der Waals surface area contributed by atoms with E-state index in [1.54, 1.807) is 0 Å². The predicted molar refractivity (Wildman–Crippen MR) is 87.0 cm³/mol. The third kappa shape index (κ3) is 2.59. The molecule has 0 aliphatic heterocycles. The molecule has 0 spiro atoms. The zero-order valence-corrected chi connectivity index (χ0v) is 14.0. The minimum Gasteiger partial charge on any atom is -0.310 e. The van der Waals surface area contributed by atoms with Gasteiger partial charge in [-0.2, -0.15) is 5.10 Å². The van der Waals surface area contributed by atoms with E-state index < -0.39 is 0 Å². The average molecular weight is 309 g/mol. The van der Waals surface area contributed by atoms with Crippen molar-refractivity contribution in [3.8, 4) is 0 Å². The van der Waals surface area contributed by atoms with Crippen molar-refractivity contribution >= 4 is 22.8 Å². The van der Waals surface area contributed by atoms with Gasteiger partial charge >= 0.3 is 0 Å². The lowest BCUT2D eigenvalue weighted by molar-refractivity contribution is 0.280. The van der Waals surface area contributed by atoms with Gasteiger partial charge in [0.05, 0.1) is 5.69 Å². The zero-order chi connectivity index (χ0) is 15.0. The van der Waals surface area contributed by atoms with Gasteiger partial charge in [0.25, 0.3) is 0 Å². The number of halogens is 1. The quantitative estimate of drug-likeness (QED) is 0.797. The van der Waals surface area contributed by atoms with E-state index in [-0.39, 0.29) is 0 Å². The molecule has 2 aromatic heterocycles. The lowest BCUT2D eigenvalue weighted by Crippen LogP contribution is -2.21. The van der Waals surface area contributed by atoms with E-state index in [1.165, 1.54) is 31.3 Å². The van der Waals surface area contributed by atoms with Crippen molar-refractivity contribution in [3.05, 3.63) is 11.5 Å². The topological polar surface area (TPSA) is 35.6 Å². The van der Waals surface area contributed by atoms with Crippen molar-refractivity contribution in [2.45, 2.75) is 65.5 Å². The summed E-state index contributed by atoms with van der Waals surface area (Å²) in [5, 5.41) is 4.64. The van der Waals surface area contributed by atoms with Crippen LogP contribution in [0.5, 0.6) is 0 Å². The summed E-state index contributed by atoms with van der Waals surface area (Å²) in [5.41, 5.74) is 3.30. The van der Waals surface area contributed by atoms with Crippen LogP contribution in [0.25, 0.3) is 11.2 Å². The number of fused-ring (bicyclic) bond motifs is 1. The molecule has 0 saturated heterocycles. The van der Waals surface area contributed by atoms with E-state index >= 15 is 0 Å². The van der Waals surface area contributed by atoms with E-state index in [9.17, 15) is 0 Å². The van der Waals surface area contributed by atoms with Crippen LogP contribution >= 0.6 is 11.6 Å². The van der Waals surface area contributed by atoms with E-state index in [0.717, 1.165) is 35.9 Å². The minimum atomic E-state index is 0.554. The smallest absolute Gasteiger partial charge is 0.159 e. The van der Waals surface area contributed by atoms with Crippen LogP contribution in [-0.2, 0) is 13.0 Å². The maximum atomic E-state index is 6.01. The van der Waals surface area contributed by atoms with Crippen LogP contribution < -0.4 is 0 Å². The van der Waals surface area contributed by atoms with Crippen LogP contribution in [0.15, 0.2) is 0 Å². The highest BCUT2D eigenvalue weighted by molar-refractivity contribution is 6.17. The highest BCUT2D eigenvalue weighted by Crippen LogP contribution is 2.36. The molecular formula is C16H25ClN4. The average Bonchev–Trinajstić information content (AvgIpc) is 2.97. The van der Waals surface area contributed by atoms with E-state index in [2.05, 4.69) is 35.1 Å². The second-order valence-electron chi connectivity index (χ2n) is 6.34. The highest BCUT2D eigenvalue weighted by Gasteiger charge is 2.27. The molecule has 0 amide bonds. The number of hydrogen-bond acceptors (Lipinski definition) is 2. The second kappa shape index (κ2) is 5.99. The number of imidazole rings is 1. The molecule has 4 nitrogen and oxygen atoms in total. The summed E-state index contributed by atoms with van der Waals surface area (Å²) in [4.78, 5) is 4.87. The van der Waals surface area contributed by atoms with Gasteiger partial charge in [-0.3, -0.25) is 0 Å². The molecule has 116 valence electrons. The van der Waals surface area contributed by atoms with Crippen molar-refractivity contribution in [2.24, 2.45) is 5.92 Å². The number of aryl methyl sites for hydroxylation is 3. The lowest BCUT2D eigenvalue weighted by Gasteiger charge is -2.29. The van der Waals surface area contributed by atoms with Gasteiger partial charge in [0.15, 0.2) is 5.65 Å². The molecule has 2 atom stereocenters. The summed E-state index contributed by atoms with van der Waals surface area (Å²) in [5.74, 6) is 2.56. The van der Waals surface area contributed by atoms with Gasteiger partial charge in [-0.05, 0) is 32.6 Å². The first kappa shape index (κ1) is 14.9. The third-order valence-corrected chi connectivity index (χ3v) is 4.90. The Morgan fingerprint density at radius 1 is 1.33 bits per heavy atom. The van der Waals surface area contributed by atoms with E-state index in [1.807, 2.05) is 0 Å². The van der Waals surface area contributed by atoms with Crippen LogP contribution in [0.1, 0.15) is 57.1 Å². The summed E-state index contributed by atoms with van der Waals surface area (Å²) in [6, 6.07) is 0.554. The van der Waals surface area contributed by atoms with Gasteiger partial charge in [-0.15, -0.1) is 11.6 Å². The van der Waals surface area contributed by atoms with Crippen LogP contribution in [0.2, 0.25) is 0 Å². The first-order valence-electron chi connectivity index (χ1n) is 8.15. The molecule has 1 saturated carbocycles. The fourth-order valence-electron chi connectivity index (χ4n) is 3.74. The van der Waals surface area contributed by atoms with Gasteiger partial charge in [-0.1, -0.05) is 19.8 Å². The van der Waals surface area contributed by atoms with E-state index in [0.29, 0.717) is 11.9 Å². The lowest BCUT2D eigenvalue weighted by atomic mass is 9.87. The number of alkyl halides is 1. The SMILES string of the molecule is CCn1nc(C)c2nc(CCCl)n(C3CCCC(C)C3)c21. The Hall–Kier alpha value is -1.03. The summed E-state index contributed by atoms with van der Waals surface area (Å²) in [6.45, 7) is 7.45. The summed E-state index contributed by atoms with van der Waals surface area (Å²) in [6.07, 6.45) is 5.99. The first-order chi connectivity index (χ1) is 10.2. The molecule has 21 heavy (non-hydrogen) atoms. The number of aromatic nitrogens is 4. The minimum absolute atomic E-state index is 0.554. The fraction of sp³-hybridized carbons (Fsp3) is 0.750. The molecule has 0 N–H and O–H groups in total. The Balaban J connectivity index is 2.14. The van der Waals surface area contributed by atoms with Crippen molar-refractivity contribution in [2.75, 3.05) is 5.88 Å². The molecule has 0 radical (unpaired) electrons. The second-order valence-corrected chi connectivity index (χ2v) is 6.71. The first-order valence-corrected chi connectivity index (χ1v) is 8.69. The van der Waals surface area contributed by atoms with Crippen molar-refractivity contribution in [1.29, 1.82) is 0 Å². The van der Waals surface area contributed by atoms with Crippen LogP contribution in [-0.4, -0.2) is 25.2 Å². The molecule has 2 heterocycles. The Morgan fingerprint density at radius 2 is 2.14 bits per heavy atom. The van der Waals surface area contributed by atoms with E-state index in [4.69, 9.17) is 16.6 Å². The summed E-state index contributed by atoms with van der Waals surface area (Å²) >= 11 is 6.01. The number of nitrogens with zero attached hydrogens (tertiary/aromatic N) is 4. The molecule has 0 aromatic carbocycles. The molecule has 1 aliphatic carbocycles. The molecule has 3 rings (SSSR count). The largest absolute Gasteiger partial charge is 0.310 e. The van der Waals surface area contributed by atoms with Crippen LogP contribution in [0.4, 0.5) is 0 Å². The molecule has 2 aromatic rings. The molecule has 0 bridgehead atoms. The Labute approximate surface area is 131 Å². The Bertz CT molecular complexity index is 628. The van der Waals surface area contributed by atoms with Gasteiger partial charge in [-0.25, -0.2) is 9.67 Å². The Morgan fingerprint density at radius 3 is 2.81 bits per heavy atom. The summed E-state index contributed by atoms with van der Waals surface area (Å²) in [7, 11) is 0. The van der Waals surface area contributed by atoms with Gasteiger partial charge < -0.3 is 4.57 Å². The summed E-state index contributed by atoms with van der Waals surface area (Å²) < 4.78 is 4.56. The number of rotatable bonds is 4. The predicted octanol–water partition coefficient (Wildman–Crippen LogP) is 4.09. The molecule has 1 fully saturated rings. The van der Waals surface area contributed by atoms with Gasteiger partial charge in [0.1, 0.15) is 11.3 Å². The number of hydrogen-bond donors (Lipinski definition) is 0. The molecular weight excluding hydrogens is 284 g/mol. The maximum Gasteiger partial charge on any atom is 0.159 e. The van der Waals surface area contributed by atoms with Crippen molar-refractivity contribution in [1.82, 2.24) is 19.3 Å². The molecule has 1 aliphatic rings.